The maximum atomic E-state index is 12.2. The van der Waals surface area contributed by atoms with Gasteiger partial charge < -0.3 is 20.5 Å². The predicted molar refractivity (Wildman–Crippen MR) is 87.2 cm³/mol. The topological polar surface area (TPSA) is 73.6 Å². The van der Waals surface area contributed by atoms with Crippen molar-refractivity contribution in [2.75, 3.05) is 17.7 Å². The molecule has 0 saturated carbocycles. The SMILES string of the molecule is CCOc1ccccc1NC(=O)C(C)Oc1cccc(N)c1. The van der Waals surface area contributed by atoms with Gasteiger partial charge in [0.1, 0.15) is 11.5 Å². The maximum absolute atomic E-state index is 12.2. The van der Waals surface area contributed by atoms with Crippen LogP contribution in [0.1, 0.15) is 13.8 Å². The number of rotatable bonds is 6. The zero-order chi connectivity index (χ0) is 15.9. The minimum Gasteiger partial charge on any atom is -0.492 e. The van der Waals surface area contributed by atoms with E-state index < -0.39 is 6.10 Å². The summed E-state index contributed by atoms with van der Waals surface area (Å²) in [6.07, 6.45) is -0.656. The first kappa shape index (κ1) is 15.7. The van der Waals surface area contributed by atoms with Crippen LogP contribution in [-0.2, 0) is 4.79 Å². The summed E-state index contributed by atoms with van der Waals surface area (Å²) in [5.41, 5.74) is 6.90. The van der Waals surface area contributed by atoms with E-state index in [1.807, 2.05) is 25.1 Å². The highest BCUT2D eigenvalue weighted by molar-refractivity contribution is 5.95. The van der Waals surface area contributed by atoms with Gasteiger partial charge in [0.05, 0.1) is 12.3 Å². The van der Waals surface area contributed by atoms with Crippen molar-refractivity contribution in [3.05, 3.63) is 48.5 Å². The summed E-state index contributed by atoms with van der Waals surface area (Å²) < 4.78 is 11.1. The van der Waals surface area contributed by atoms with Crippen molar-refractivity contribution in [2.24, 2.45) is 0 Å². The fraction of sp³-hybridized carbons (Fsp3) is 0.235. The highest BCUT2D eigenvalue weighted by Gasteiger charge is 2.16. The van der Waals surface area contributed by atoms with Crippen molar-refractivity contribution in [3.63, 3.8) is 0 Å². The molecule has 5 nitrogen and oxygen atoms in total. The number of carbonyl (C=O) groups excluding carboxylic acids is 1. The van der Waals surface area contributed by atoms with E-state index in [4.69, 9.17) is 15.2 Å². The summed E-state index contributed by atoms with van der Waals surface area (Å²) in [5, 5.41) is 2.81. The zero-order valence-electron chi connectivity index (χ0n) is 12.7. The monoisotopic (exact) mass is 300 g/mol. The Morgan fingerprint density at radius 1 is 1.23 bits per heavy atom. The summed E-state index contributed by atoms with van der Waals surface area (Å²) in [7, 11) is 0. The summed E-state index contributed by atoms with van der Waals surface area (Å²) >= 11 is 0. The van der Waals surface area contributed by atoms with Gasteiger partial charge in [-0.05, 0) is 38.1 Å². The van der Waals surface area contributed by atoms with Crippen LogP contribution in [0.5, 0.6) is 11.5 Å². The largest absolute Gasteiger partial charge is 0.492 e. The van der Waals surface area contributed by atoms with Crippen LogP contribution in [0.25, 0.3) is 0 Å². The lowest BCUT2D eigenvalue weighted by atomic mass is 10.2. The third-order valence-corrected chi connectivity index (χ3v) is 2.98. The number of ether oxygens (including phenoxy) is 2. The number of para-hydroxylation sites is 2. The van der Waals surface area contributed by atoms with Gasteiger partial charge in [-0.15, -0.1) is 0 Å². The second-order valence-corrected chi connectivity index (χ2v) is 4.75. The average Bonchev–Trinajstić information content (AvgIpc) is 2.49. The summed E-state index contributed by atoms with van der Waals surface area (Å²) in [6.45, 7) is 4.11. The van der Waals surface area contributed by atoms with E-state index >= 15 is 0 Å². The van der Waals surface area contributed by atoms with Gasteiger partial charge in [-0.25, -0.2) is 0 Å². The summed E-state index contributed by atoms with van der Waals surface area (Å²) in [5.74, 6) is 0.935. The number of nitrogens with one attached hydrogen (secondary N) is 1. The molecule has 1 atom stereocenters. The van der Waals surface area contributed by atoms with Gasteiger partial charge in [0.2, 0.25) is 0 Å². The molecule has 0 fully saturated rings. The normalized spacial score (nSPS) is 11.5. The molecule has 0 aliphatic carbocycles. The van der Waals surface area contributed by atoms with E-state index in [9.17, 15) is 4.79 Å². The van der Waals surface area contributed by atoms with E-state index in [0.717, 1.165) is 0 Å². The van der Waals surface area contributed by atoms with Crippen LogP contribution in [-0.4, -0.2) is 18.6 Å². The van der Waals surface area contributed by atoms with Gasteiger partial charge in [0.15, 0.2) is 6.10 Å². The Labute approximate surface area is 130 Å². The molecule has 0 aliphatic rings. The molecule has 1 amide bonds. The number of nitrogen functional groups attached to an aromatic ring is 1. The summed E-state index contributed by atoms with van der Waals surface area (Å²) in [4.78, 5) is 12.2. The van der Waals surface area contributed by atoms with Crippen LogP contribution in [0.2, 0.25) is 0 Å². The number of nitrogens with two attached hydrogens (primary N) is 1. The smallest absolute Gasteiger partial charge is 0.265 e. The molecule has 0 bridgehead atoms. The van der Waals surface area contributed by atoms with Crippen LogP contribution in [0.15, 0.2) is 48.5 Å². The Hall–Kier alpha value is -2.69. The molecular weight excluding hydrogens is 280 g/mol. The molecule has 2 aromatic carbocycles. The van der Waals surface area contributed by atoms with Crippen LogP contribution >= 0.6 is 0 Å². The molecule has 1 unspecified atom stereocenters. The van der Waals surface area contributed by atoms with E-state index in [1.54, 1.807) is 37.3 Å². The van der Waals surface area contributed by atoms with Crippen molar-refractivity contribution in [3.8, 4) is 11.5 Å². The molecule has 0 radical (unpaired) electrons. The zero-order valence-corrected chi connectivity index (χ0v) is 12.7. The Bertz CT molecular complexity index is 643. The van der Waals surface area contributed by atoms with Crippen molar-refractivity contribution in [1.29, 1.82) is 0 Å². The molecule has 22 heavy (non-hydrogen) atoms. The highest BCUT2D eigenvalue weighted by atomic mass is 16.5. The molecule has 0 aromatic heterocycles. The fourth-order valence-electron chi connectivity index (χ4n) is 1.93. The number of anilines is 2. The lowest BCUT2D eigenvalue weighted by molar-refractivity contribution is -0.122. The minimum absolute atomic E-state index is 0.255. The van der Waals surface area contributed by atoms with Gasteiger partial charge in [-0.3, -0.25) is 4.79 Å². The third-order valence-electron chi connectivity index (χ3n) is 2.98. The van der Waals surface area contributed by atoms with Gasteiger partial charge in [-0.1, -0.05) is 18.2 Å². The second kappa shape index (κ2) is 7.36. The Morgan fingerprint density at radius 3 is 2.73 bits per heavy atom. The van der Waals surface area contributed by atoms with E-state index in [-0.39, 0.29) is 5.91 Å². The van der Waals surface area contributed by atoms with E-state index in [1.165, 1.54) is 0 Å². The highest BCUT2D eigenvalue weighted by Crippen LogP contribution is 2.24. The molecule has 2 rings (SSSR count). The van der Waals surface area contributed by atoms with Crippen molar-refractivity contribution in [2.45, 2.75) is 20.0 Å². The van der Waals surface area contributed by atoms with Crippen LogP contribution in [0.3, 0.4) is 0 Å². The number of amides is 1. The lowest BCUT2D eigenvalue weighted by Crippen LogP contribution is -2.30. The Kier molecular flexibility index (Phi) is 5.25. The minimum atomic E-state index is -0.656. The van der Waals surface area contributed by atoms with E-state index in [2.05, 4.69) is 5.32 Å². The molecule has 0 heterocycles. The van der Waals surface area contributed by atoms with E-state index in [0.29, 0.717) is 29.5 Å². The molecule has 3 N–H and O–H groups in total. The van der Waals surface area contributed by atoms with Crippen LogP contribution in [0.4, 0.5) is 11.4 Å². The molecular formula is C17H20N2O3. The molecule has 0 aliphatic heterocycles. The summed E-state index contributed by atoms with van der Waals surface area (Å²) in [6, 6.07) is 14.3. The third kappa shape index (κ3) is 4.15. The molecule has 0 saturated heterocycles. The standard InChI is InChI=1S/C17H20N2O3/c1-3-21-16-10-5-4-9-15(16)19-17(20)12(2)22-14-8-6-7-13(18)11-14/h4-12H,3,18H2,1-2H3,(H,19,20). The quantitative estimate of drug-likeness (QED) is 0.804. The van der Waals surface area contributed by atoms with Crippen molar-refractivity contribution < 1.29 is 14.3 Å². The second-order valence-electron chi connectivity index (χ2n) is 4.75. The molecule has 0 spiro atoms. The number of carbonyl (C=O) groups is 1. The Morgan fingerprint density at radius 2 is 2.00 bits per heavy atom. The molecule has 2 aromatic rings. The van der Waals surface area contributed by atoms with Gasteiger partial charge >= 0.3 is 0 Å². The first-order valence-electron chi connectivity index (χ1n) is 7.15. The lowest BCUT2D eigenvalue weighted by Gasteiger charge is -2.16. The van der Waals surface area contributed by atoms with Crippen molar-refractivity contribution >= 4 is 17.3 Å². The number of hydrogen-bond donors (Lipinski definition) is 2. The predicted octanol–water partition coefficient (Wildman–Crippen LogP) is 3.07. The number of benzene rings is 2. The first-order chi connectivity index (χ1) is 10.6. The van der Waals surface area contributed by atoms with Crippen molar-refractivity contribution in [1.82, 2.24) is 0 Å². The van der Waals surface area contributed by atoms with Gasteiger partial charge in [0.25, 0.3) is 5.91 Å². The van der Waals surface area contributed by atoms with Crippen LogP contribution in [0, 0.1) is 0 Å². The van der Waals surface area contributed by atoms with Gasteiger partial charge in [-0.2, -0.15) is 0 Å². The molecule has 5 heteroatoms. The maximum Gasteiger partial charge on any atom is 0.265 e. The fourth-order valence-corrected chi connectivity index (χ4v) is 1.93. The molecule has 116 valence electrons. The number of hydrogen-bond acceptors (Lipinski definition) is 4. The first-order valence-corrected chi connectivity index (χ1v) is 7.15. The van der Waals surface area contributed by atoms with Gasteiger partial charge in [0, 0.05) is 11.8 Å². The van der Waals surface area contributed by atoms with Crippen LogP contribution < -0.4 is 20.5 Å². The Balaban J connectivity index is 2.02. The average molecular weight is 300 g/mol.